The largest absolute Gasteiger partial charge is 0.481 e. The molecule has 1 atom stereocenters. The molecule has 9 heteroatoms. The number of hydrogen-bond acceptors (Lipinski definition) is 5. The first-order valence-electron chi connectivity index (χ1n) is 8.24. The first kappa shape index (κ1) is 19.8. The average Bonchev–Trinajstić information content (AvgIpc) is 3.12. The number of halogens is 1. The number of fused-ring (bicyclic) bond motifs is 1. The van der Waals surface area contributed by atoms with E-state index in [1.807, 2.05) is 36.4 Å². The fourth-order valence-corrected chi connectivity index (χ4v) is 2.80. The Labute approximate surface area is 174 Å². The molecule has 0 aliphatic rings. The van der Waals surface area contributed by atoms with E-state index in [4.69, 9.17) is 21.4 Å². The summed E-state index contributed by atoms with van der Waals surface area (Å²) in [6, 6.07) is 16.5. The smallest absolute Gasteiger partial charge is 0.293 e. The second kappa shape index (κ2) is 8.85. The number of amides is 2. The van der Waals surface area contributed by atoms with E-state index in [2.05, 4.69) is 32.1 Å². The molecule has 0 bridgehead atoms. The molecule has 3 N–H and O–H groups in total. The van der Waals surface area contributed by atoms with Crippen LogP contribution in [0.4, 0.5) is 0 Å². The minimum absolute atomic E-state index is 0.0790. The molecule has 28 heavy (non-hydrogen) atoms. The molecule has 1 aromatic heterocycles. The number of hydrogen-bond donors (Lipinski definition) is 3. The van der Waals surface area contributed by atoms with Crippen LogP contribution in [-0.2, 0) is 4.79 Å². The van der Waals surface area contributed by atoms with Crippen LogP contribution in [0.25, 0.3) is 10.8 Å². The predicted octanol–water partition coefficient (Wildman–Crippen LogP) is 3.30. The molecule has 144 valence electrons. The molecule has 0 saturated carbocycles. The van der Waals surface area contributed by atoms with Crippen molar-refractivity contribution in [2.45, 2.75) is 13.0 Å². The first-order valence-corrected chi connectivity index (χ1v) is 9.44. The summed E-state index contributed by atoms with van der Waals surface area (Å²) in [5.41, 5.74) is 4.84. The number of hydrazine groups is 1. The topological polar surface area (TPSA) is 92.6 Å². The molecule has 0 fully saturated rings. The van der Waals surface area contributed by atoms with Crippen LogP contribution in [0.3, 0.4) is 0 Å². The standard InChI is InChI=1S/C19H16BrN3O4S/c1-11(26-14-7-6-12-4-2-3-5-13(12)10-14)17(24)22-23-19(28)21-18(25)15-8-9-16(20)27-15/h2-11H,1H3,(H,22,24)(H2,21,23,25,28). The van der Waals surface area contributed by atoms with Gasteiger partial charge in [-0.05, 0) is 70.1 Å². The zero-order valence-corrected chi connectivity index (χ0v) is 17.1. The van der Waals surface area contributed by atoms with Crippen LogP contribution >= 0.6 is 28.1 Å². The molecular formula is C19H16BrN3O4S. The van der Waals surface area contributed by atoms with Crippen LogP contribution in [0.15, 0.2) is 63.7 Å². The normalized spacial score (nSPS) is 11.5. The minimum Gasteiger partial charge on any atom is -0.481 e. The van der Waals surface area contributed by atoms with E-state index in [1.54, 1.807) is 19.1 Å². The lowest BCUT2D eigenvalue weighted by atomic mass is 10.1. The van der Waals surface area contributed by atoms with Gasteiger partial charge in [-0.25, -0.2) is 0 Å². The van der Waals surface area contributed by atoms with Crippen molar-refractivity contribution in [1.82, 2.24) is 16.2 Å². The third-order valence-corrected chi connectivity index (χ3v) is 4.36. The summed E-state index contributed by atoms with van der Waals surface area (Å²) in [5, 5.41) is 4.40. The van der Waals surface area contributed by atoms with Gasteiger partial charge < -0.3 is 9.15 Å². The number of benzene rings is 2. The Kier molecular flexibility index (Phi) is 6.27. The van der Waals surface area contributed by atoms with E-state index in [1.165, 1.54) is 6.07 Å². The quantitative estimate of drug-likeness (QED) is 0.407. The van der Waals surface area contributed by atoms with Gasteiger partial charge in [0.2, 0.25) is 0 Å². The fourth-order valence-electron chi connectivity index (χ4n) is 2.35. The lowest BCUT2D eigenvalue weighted by Crippen LogP contribution is -2.51. The highest BCUT2D eigenvalue weighted by Crippen LogP contribution is 2.21. The Balaban J connectivity index is 1.49. The summed E-state index contributed by atoms with van der Waals surface area (Å²) in [4.78, 5) is 24.1. The second-order valence-corrected chi connectivity index (χ2v) is 6.96. The average molecular weight is 462 g/mol. The van der Waals surface area contributed by atoms with Gasteiger partial charge in [0.1, 0.15) is 5.75 Å². The summed E-state index contributed by atoms with van der Waals surface area (Å²) in [6.45, 7) is 1.61. The molecule has 7 nitrogen and oxygen atoms in total. The number of nitrogens with one attached hydrogen (secondary N) is 3. The predicted molar refractivity (Wildman–Crippen MR) is 112 cm³/mol. The van der Waals surface area contributed by atoms with Gasteiger partial charge in [-0.2, -0.15) is 0 Å². The van der Waals surface area contributed by atoms with Crippen molar-refractivity contribution < 1.29 is 18.7 Å². The van der Waals surface area contributed by atoms with E-state index in [9.17, 15) is 9.59 Å². The van der Waals surface area contributed by atoms with E-state index in [0.29, 0.717) is 10.4 Å². The summed E-state index contributed by atoms with van der Waals surface area (Å²) < 4.78 is 11.2. The van der Waals surface area contributed by atoms with E-state index < -0.39 is 17.9 Å². The Bertz CT molecular complexity index is 1040. The van der Waals surface area contributed by atoms with Gasteiger partial charge in [-0.15, -0.1) is 0 Å². The molecule has 0 radical (unpaired) electrons. The zero-order chi connectivity index (χ0) is 20.1. The van der Waals surface area contributed by atoms with Gasteiger partial charge in [-0.1, -0.05) is 30.3 Å². The number of ether oxygens (including phenoxy) is 1. The highest BCUT2D eigenvalue weighted by Gasteiger charge is 2.16. The summed E-state index contributed by atoms with van der Waals surface area (Å²) in [6.07, 6.45) is -0.784. The van der Waals surface area contributed by atoms with Crippen LogP contribution in [0.1, 0.15) is 17.5 Å². The summed E-state index contributed by atoms with van der Waals surface area (Å²) >= 11 is 8.08. The Morgan fingerprint density at radius 3 is 2.54 bits per heavy atom. The number of furan rings is 1. The maximum Gasteiger partial charge on any atom is 0.293 e. The second-order valence-electron chi connectivity index (χ2n) is 5.77. The highest BCUT2D eigenvalue weighted by molar-refractivity contribution is 9.10. The van der Waals surface area contributed by atoms with Crippen LogP contribution in [0.2, 0.25) is 0 Å². The molecule has 0 aliphatic carbocycles. The maximum atomic E-state index is 12.2. The number of thiocarbonyl (C=S) groups is 1. The lowest BCUT2D eigenvalue weighted by Gasteiger charge is -2.16. The summed E-state index contributed by atoms with van der Waals surface area (Å²) in [5.74, 6) is -0.348. The molecule has 0 aliphatic heterocycles. The van der Waals surface area contributed by atoms with Gasteiger partial charge in [0.25, 0.3) is 11.8 Å². The van der Waals surface area contributed by atoms with Gasteiger partial charge in [-0.3, -0.25) is 25.8 Å². The van der Waals surface area contributed by atoms with Crippen LogP contribution < -0.4 is 20.9 Å². The van der Waals surface area contributed by atoms with Crippen molar-refractivity contribution in [3.8, 4) is 5.75 Å². The lowest BCUT2D eigenvalue weighted by molar-refractivity contribution is -0.127. The van der Waals surface area contributed by atoms with Crippen molar-refractivity contribution in [3.63, 3.8) is 0 Å². The molecule has 2 aromatic carbocycles. The van der Waals surface area contributed by atoms with Crippen LogP contribution in [0, 0.1) is 0 Å². The summed E-state index contributed by atoms with van der Waals surface area (Å²) in [7, 11) is 0. The highest BCUT2D eigenvalue weighted by atomic mass is 79.9. The van der Waals surface area contributed by atoms with Crippen LogP contribution in [-0.4, -0.2) is 23.0 Å². The van der Waals surface area contributed by atoms with Gasteiger partial charge in [0, 0.05) is 0 Å². The number of carbonyl (C=O) groups is 2. The van der Waals surface area contributed by atoms with E-state index >= 15 is 0 Å². The maximum absolute atomic E-state index is 12.2. The van der Waals surface area contributed by atoms with Crippen molar-refractivity contribution in [2.75, 3.05) is 0 Å². The molecule has 0 spiro atoms. The Hall–Kier alpha value is -2.91. The van der Waals surface area contributed by atoms with Gasteiger partial charge in [0.05, 0.1) is 0 Å². The zero-order valence-electron chi connectivity index (χ0n) is 14.7. The third kappa shape index (κ3) is 5.08. The van der Waals surface area contributed by atoms with Crippen molar-refractivity contribution in [2.24, 2.45) is 0 Å². The van der Waals surface area contributed by atoms with Crippen molar-refractivity contribution >= 4 is 55.8 Å². The SMILES string of the molecule is CC(Oc1ccc2ccccc2c1)C(=O)NNC(=S)NC(=O)c1ccc(Br)o1. The third-order valence-electron chi connectivity index (χ3n) is 3.73. The molecular weight excluding hydrogens is 446 g/mol. The Morgan fingerprint density at radius 2 is 1.82 bits per heavy atom. The van der Waals surface area contributed by atoms with Crippen molar-refractivity contribution in [3.05, 3.63) is 65.0 Å². The number of rotatable bonds is 4. The fraction of sp³-hybridized carbons (Fsp3) is 0.105. The monoisotopic (exact) mass is 461 g/mol. The molecule has 1 unspecified atom stereocenters. The van der Waals surface area contributed by atoms with E-state index in [0.717, 1.165) is 10.8 Å². The van der Waals surface area contributed by atoms with Crippen molar-refractivity contribution in [1.29, 1.82) is 0 Å². The molecule has 3 rings (SSSR count). The van der Waals surface area contributed by atoms with E-state index in [-0.39, 0.29) is 10.9 Å². The van der Waals surface area contributed by atoms with Crippen LogP contribution in [0.5, 0.6) is 5.75 Å². The first-order chi connectivity index (χ1) is 13.4. The van der Waals surface area contributed by atoms with Gasteiger partial charge in [0.15, 0.2) is 21.6 Å². The minimum atomic E-state index is -0.784. The molecule has 2 amide bonds. The van der Waals surface area contributed by atoms with Gasteiger partial charge >= 0.3 is 0 Å². The Morgan fingerprint density at radius 1 is 1.07 bits per heavy atom. The molecule has 0 saturated heterocycles. The number of carbonyl (C=O) groups excluding carboxylic acids is 2. The molecule has 1 heterocycles. The molecule has 3 aromatic rings.